The van der Waals surface area contributed by atoms with Crippen LogP contribution in [0.25, 0.3) is 5.65 Å². The zero-order valence-electron chi connectivity index (χ0n) is 12.4. The summed E-state index contributed by atoms with van der Waals surface area (Å²) in [7, 11) is 0. The fraction of sp³-hybridized carbons (Fsp3) is 0.600. The summed E-state index contributed by atoms with van der Waals surface area (Å²) in [4.78, 5) is 12.3. The largest absolute Gasteiger partial charge is 0.372 e. The van der Waals surface area contributed by atoms with Gasteiger partial charge in [0, 0.05) is 31.0 Å². The van der Waals surface area contributed by atoms with Crippen molar-refractivity contribution in [2.45, 2.75) is 45.3 Å². The Bertz CT molecular complexity index is 683. The number of fused-ring (bicyclic) bond motifs is 1. The van der Waals surface area contributed by atoms with Crippen molar-refractivity contribution in [1.82, 2.24) is 14.2 Å². The number of hydrogen-bond donors (Lipinski definition) is 1. The van der Waals surface area contributed by atoms with Gasteiger partial charge in [-0.15, -0.1) is 0 Å². The normalized spacial score (nSPS) is 18.7. The number of ether oxygens (including phenoxy) is 1. The van der Waals surface area contributed by atoms with E-state index in [1.807, 2.05) is 6.07 Å². The maximum absolute atomic E-state index is 12.3. The van der Waals surface area contributed by atoms with Crippen LogP contribution in [-0.4, -0.2) is 27.3 Å². The van der Waals surface area contributed by atoms with Crippen LogP contribution in [0.5, 0.6) is 0 Å². The van der Waals surface area contributed by atoms with E-state index in [-0.39, 0.29) is 11.7 Å². The summed E-state index contributed by atoms with van der Waals surface area (Å²) in [6, 6.07) is 3.67. The van der Waals surface area contributed by atoms with Gasteiger partial charge in [-0.2, -0.15) is 9.61 Å². The minimum atomic E-state index is -0.0778. The van der Waals surface area contributed by atoms with Crippen molar-refractivity contribution in [3.05, 3.63) is 33.9 Å². The molecule has 3 heterocycles. The van der Waals surface area contributed by atoms with E-state index in [4.69, 9.17) is 10.5 Å². The molecule has 0 saturated carbocycles. The summed E-state index contributed by atoms with van der Waals surface area (Å²) < 4.78 is 9.31. The molecule has 114 valence electrons. The number of aryl methyl sites for hydroxylation is 2. The van der Waals surface area contributed by atoms with E-state index in [0.717, 1.165) is 55.9 Å². The first-order chi connectivity index (χ1) is 10.2. The zero-order chi connectivity index (χ0) is 14.8. The summed E-state index contributed by atoms with van der Waals surface area (Å²) in [5.74, 6) is 0. The Morgan fingerprint density at radius 2 is 2.33 bits per heavy atom. The summed E-state index contributed by atoms with van der Waals surface area (Å²) >= 11 is 0. The average molecular weight is 290 g/mol. The van der Waals surface area contributed by atoms with E-state index in [1.54, 1.807) is 6.07 Å². The fourth-order valence-electron chi connectivity index (χ4n) is 3.00. The molecule has 1 unspecified atom stereocenters. The third kappa shape index (κ3) is 2.61. The molecular weight excluding hydrogens is 268 g/mol. The maximum atomic E-state index is 12.3. The van der Waals surface area contributed by atoms with Gasteiger partial charge in [0.1, 0.15) is 11.8 Å². The number of rotatable bonds is 5. The van der Waals surface area contributed by atoms with Gasteiger partial charge in [0.05, 0.1) is 5.69 Å². The van der Waals surface area contributed by atoms with Gasteiger partial charge >= 0.3 is 0 Å². The topological polar surface area (TPSA) is 74.5 Å². The lowest BCUT2D eigenvalue weighted by molar-refractivity contribution is 0.108. The first-order valence-corrected chi connectivity index (χ1v) is 7.68. The van der Waals surface area contributed by atoms with Crippen molar-refractivity contribution < 1.29 is 4.74 Å². The van der Waals surface area contributed by atoms with Gasteiger partial charge in [-0.1, -0.05) is 0 Å². The molecule has 0 spiro atoms. The van der Waals surface area contributed by atoms with Crippen molar-refractivity contribution in [1.29, 1.82) is 0 Å². The average Bonchev–Trinajstić information content (AvgIpc) is 3.13. The van der Waals surface area contributed by atoms with Gasteiger partial charge in [-0.05, 0) is 39.2 Å². The molecule has 2 N–H and O–H groups in total. The molecule has 0 aromatic carbocycles. The molecule has 0 aliphatic carbocycles. The second-order valence-electron chi connectivity index (χ2n) is 5.45. The fourth-order valence-corrected chi connectivity index (χ4v) is 3.00. The molecule has 1 fully saturated rings. The molecule has 0 radical (unpaired) electrons. The van der Waals surface area contributed by atoms with Crippen molar-refractivity contribution in [3.8, 4) is 0 Å². The van der Waals surface area contributed by atoms with Crippen molar-refractivity contribution >= 4 is 5.65 Å². The highest BCUT2D eigenvalue weighted by Gasteiger charge is 2.22. The van der Waals surface area contributed by atoms with E-state index >= 15 is 0 Å². The quantitative estimate of drug-likeness (QED) is 0.899. The molecule has 3 rings (SSSR count). The maximum Gasteiger partial charge on any atom is 0.274 e. The predicted octanol–water partition coefficient (Wildman–Crippen LogP) is 1.26. The van der Waals surface area contributed by atoms with Gasteiger partial charge in [0.2, 0.25) is 0 Å². The van der Waals surface area contributed by atoms with Gasteiger partial charge in [0.25, 0.3) is 5.56 Å². The van der Waals surface area contributed by atoms with E-state index < -0.39 is 0 Å². The van der Waals surface area contributed by atoms with E-state index in [0.29, 0.717) is 6.54 Å². The third-order valence-electron chi connectivity index (χ3n) is 4.04. The van der Waals surface area contributed by atoms with Gasteiger partial charge < -0.3 is 15.0 Å². The Kier molecular flexibility index (Phi) is 4.07. The summed E-state index contributed by atoms with van der Waals surface area (Å²) in [6.07, 6.45) is 3.75. The monoisotopic (exact) mass is 290 g/mol. The lowest BCUT2D eigenvalue weighted by atomic mass is 10.2. The first-order valence-electron chi connectivity index (χ1n) is 7.68. The van der Waals surface area contributed by atoms with E-state index in [1.165, 1.54) is 4.52 Å². The van der Waals surface area contributed by atoms with Crippen LogP contribution in [-0.2, 0) is 17.7 Å². The second-order valence-corrected chi connectivity index (χ2v) is 5.45. The standard InChI is InChI=1S/C15H22N4O2/c1-2-18-11(5-3-7-16)9-15(20)19-14(18)10-12(17-19)13-6-4-8-21-13/h9-10,13H,2-8,16H2,1H3. The minimum absolute atomic E-state index is 0.0297. The van der Waals surface area contributed by atoms with Crippen LogP contribution in [0.15, 0.2) is 16.9 Å². The molecular formula is C15H22N4O2. The molecule has 2 aromatic heterocycles. The van der Waals surface area contributed by atoms with Crippen LogP contribution in [0.1, 0.15) is 43.7 Å². The third-order valence-corrected chi connectivity index (χ3v) is 4.04. The van der Waals surface area contributed by atoms with Crippen LogP contribution in [0.4, 0.5) is 0 Å². The molecule has 0 bridgehead atoms. The molecule has 2 aromatic rings. The first kappa shape index (κ1) is 14.3. The molecule has 1 saturated heterocycles. The smallest absolute Gasteiger partial charge is 0.274 e. The number of nitrogens with zero attached hydrogens (tertiary/aromatic N) is 3. The second kappa shape index (κ2) is 5.99. The van der Waals surface area contributed by atoms with Gasteiger partial charge in [-0.25, -0.2) is 0 Å². The Labute approximate surface area is 123 Å². The van der Waals surface area contributed by atoms with Crippen LogP contribution in [0.3, 0.4) is 0 Å². The van der Waals surface area contributed by atoms with Crippen molar-refractivity contribution in [2.75, 3.05) is 13.2 Å². The van der Waals surface area contributed by atoms with Crippen LogP contribution < -0.4 is 11.3 Å². The molecule has 6 nitrogen and oxygen atoms in total. The highest BCUT2D eigenvalue weighted by atomic mass is 16.5. The Balaban J connectivity index is 2.09. The van der Waals surface area contributed by atoms with E-state index in [9.17, 15) is 4.79 Å². The lowest BCUT2D eigenvalue weighted by Crippen LogP contribution is -2.21. The lowest BCUT2D eigenvalue weighted by Gasteiger charge is -2.12. The molecule has 1 atom stereocenters. The Hall–Kier alpha value is -1.66. The predicted molar refractivity (Wildman–Crippen MR) is 80.4 cm³/mol. The number of aromatic nitrogens is 3. The number of nitrogens with two attached hydrogens (primary N) is 1. The van der Waals surface area contributed by atoms with Crippen molar-refractivity contribution in [3.63, 3.8) is 0 Å². The molecule has 1 aliphatic heterocycles. The molecule has 6 heteroatoms. The van der Waals surface area contributed by atoms with Crippen LogP contribution in [0.2, 0.25) is 0 Å². The van der Waals surface area contributed by atoms with E-state index in [2.05, 4.69) is 16.6 Å². The zero-order valence-corrected chi connectivity index (χ0v) is 12.4. The van der Waals surface area contributed by atoms with Crippen LogP contribution >= 0.6 is 0 Å². The molecule has 1 aliphatic rings. The Morgan fingerprint density at radius 3 is 3.00 bits per heavy atom. The SMILES string of the molecule is CCn1c(CCCN)cc(=O)n2nc(C3CCCO3)cc12. The minimum Gasteiger partial charge on any atom is -0.372 e. The van der Waals surface area contributed by atoms with Crippen molar-refractivity contribution in [2.24, 2.45) is 5.73 Å². The molecule has 21 heavy (non-hydrogen) atoms. The summed E-state index contributed by atoms with van der Waals surface area (Å²) in [5, 5.41) is 4.46. The highest BCUT2D eigenvalue weighted by molar-refractivity contribution is 5.42. The Morgan fingerprint density at radius 1 is 1.48 bits per heavy atom. The summed E-state index contributed by atoms with van der Waals surface area (Å²) in [5.41, 5.74) is 8.25. The van der Waals surface area contributed by atoms with Gasteiger partial charge in [-0.3, -0.25) is 4.79 Å². The molecule has 0 amide bonds. The highest BCUT2D eigenvalue weighted by Crippen LogP contribution is 2.28. The van der Waals surface area contributed by atoms with Gasteiger partial charge in [0.15, 0.2) is 0 Å². The number of hydrogen-bond acceptors (Lipinski definition) is 4. The van der Waals surface area contributed by atoms with Crippen LogP contribution in [0, 0.1) is 0 Å². The summed E-state index contributed by atoms with van der Waals surface area (Å²) in [6.45, 7) is 4.29.